The fourth-order valence-electron chi connectivity index (χ4n) is 2.59. The first-order chi connectivity index (χ1) is 8.34. The first-order valence-corrected chi connectivity index (χ1v) is 6.28. The van der Waals surface area contributed by atoms with Crippen molar-refractivity contribution in [2.75, 3.05) is 18.2 Å². The summed E-state index contributed by atoms with van der Waals surface area (Å²) in [6.45, 7) is 1.73. The number of hydrogen-bond donors (Lipinski definition) is 1. The van der Waals surface area contributed by atoms with Crippen LogP contribution in [0.25, 0.3) is 0 Å². The average Bonchev–Trinajstić information content (AvgIpc) is 2.77. The molecule has 17 heavy (non-hydrogen) atoms. The molecule has 1 saturated heterocycles. The lowest BCUT2D eigenvalue weighted by atomic mass is 10.1. The van der Waals surface area contributed by atoms with E-state index in [0.29, 0.717) is 6.61 Å². The normalized spacial score (nSPS) is 24.5. The van der Waals surface area contributed by atoms with Crippen molar-refractivity contribution in [1.29, 1.82) is 0 Å². The molecule has 0 aromatic heterocycles. The van der Waals surface area contributed by atoms with Crippen LogP contribution in [-0.2, 0) is 11.3 Å². The number of halogens is 1. The Morgan fingerprint density at radius 2 is 2.29 bits per heavy atom. The minimum Gasteiger partial charge on any atom is -0.295 e. The van der Waals surface area contributed by atoms with Crippen molar-refractivity contribution >= 4 is 5.69 Å². The number of hydroxylamine groups is 1. The van der Waals surface area contributed by atoms with Gasteiger partial charge in [-0.05, 0) is 56.0 Å². The standard InChI is InChI=1S/C13H17FN2O/c14-11-5-6-12-10(9-11)3-2-8-17-16(12)13-4-1-7-15-13/h5-6,9,13,15H,1-4,7-8H2/t13-/m0/s1. The molecule has 92 valence electrons. The lowest BCUT2D eigenvalue weighted by Gasteiger charge is -2.29. The summed E-state index contributed by atoms with van der Waals surface area (Å²) >= 11 is 0. The molecule has 2 aliphatic rings. The van der Waals surface area contributed by atoms with Gasteiger partial charge in [-0.1, -0.05) is 0 Å². The van der Waals surface area contributed by atoms with Crippen LogP contribution in [0.5, 0.6) is 0 Å². The van der Waals surface area contributed by atoms with Gasteiger partial charge < -0.3 is 0 Å². The monoisotopic (exact) mass is 236 g/mol. The number of fused-ring (bicyclic) bond motifs is 1. The summed E-state index contributed by atoms with van der Waals surface area (Å²) in [7, 11) is 0. The SMILES string of the molecule is Fc1ccc2c(c1)CCCON2[C@H]1CCCN1. The van der Waals surface area contributed by atoms with Crippen LogP contribution in [0.2, 0.25) is 0 Å². The number of nitrogens with one attached hydrogen (secondary N) is 1. The van der Waals surface area contributed by atoms with E-state index in [1.807, 2.05) is 11.1 Å². The van der Waals surface area contributed by atoms with Crippen LogP contribution in [-0.4, -0.2) is 19.3 Å². The van der Waals surface area contributed by atoms with Crippen LogP contribution < -0.4 is 10.4 Å². The summed E-state index contributed by atoms with van der Waals surface area (Å²) in [5.41, 5.74) is 2.07. The quantitative estimate of drug-likeness (QED) is 0.809. The number of aryl methyl sites for hydroxylation is 1. The zero-order valence-corrected chi connectivity index (χ0v) is 9.79. The summed E-state index contributed by atoms with van der Waals surface area (Å²) in [5, 5.41) is 5.36. The van der Waals surface area contributed by atoms with Gasteiger partial charge in [0.25, 0.3) is 0 Å². The van der Waals surface area contributed by atoms with Gasteiger partial charge in [-0.15, -0.1) is 0 Å². The molecule has 3 nitrogen and oxygen atoms in total. The van der Waals surface area contributed by atoms with Crippen molar-refractivity contribution in [3.05, 3.63) is 29.6 Å². The minimum atomic E-state index is -0.162. The third-order valence-corrected chi connectivity index (χ3v) is 3.42. The van der Waals surface area contributed by atoms with E-state index in [1.54, 1.807) is 6.07 Å². The smallest absolute Gasteiger partial charge is 0.123 e. The third-order valence-electron chi connectivity index (χ3n) is 3.42. The van der Waals surface area contributed by atoms with Crippen LogP contribution in [0.1, 0.15) is 24.8 Å². The number of benzene rings is 1. The molecular formula is C13H17FN2O. The van der Waals surface area contributed by atoms with Crippen LogP contribution in [0.4, 0.5) is 10.1 Å². The van der Waals surface area contributed by atoms with Gasteiger partial charge in [-0.25, -0.2) is 9.45 Å². The zero-order valence-electron chi connectivity index (χ0n) is 9.79. The fourth-order valence-corrected chi connectivity index (χ4v) is 2.59. The lowest BCUT2D eigenvalue weighted by Crippen LogP contribution is -2.42. The number of nitrogens with zero attached hydrogens (tertiary/aromatic N) is 1. The van der Waals surface area contributed by atoms with Gasteiger partial charge in [0.2, 0.25) is 0 Å². The second-order valence-electron chi connectivity index (χ2n) is 4.65. The van der Waals surface area contributed by atoms with Crippen LogP contribution >= 0.6 is 0 Å². The topological polar surface area (TPSA) is 24.5 Å². The molecule has 1 aromatic carbocycles. The Kier molecular flexibility index (Phi) is 2.99. The summed E-state index contributed by atoms with van der Waals surface area (Å²) in [6.07, 6.45) is 4.31. The first kappa shape index (κ1) is 11.0. The van der Waals surface area contributed by atoms with Gasteiger partial charge in [0, 0.05) is 0 Å². The van der Waals surface area contributed by atoms with E-state index in [1.165, 1.54) is 12.5 Å². The van der Waals surface area contributed by atoms with Crippen molar-refractivity contribution < 1.29 is 9.23 Å². The maximum absolute atomic E-state index is 13.3. The highest BCUT2D eigenvalue weighted by Crippen LogP contribution is 2.29. The molecule has 0 saturated carbocycles. The van der Waals surface area contributed by atoms with E-state index in [9.17, 15) is 4.39 Å². The van der Waals surface area contributed by atoms with Crippen molar-refractivity contribution in [3.63, 3.8) is 0 Å². The summed E-state index contributed by atoms with van der Waals surface area (Å²) in [6, 6.07) is 4.97. The van der Waals surface area contributed by atoms with E-state index in [2.05, 4.69) is 5.32 Å². The fraction of sp³-hybridized carbons (Fsp3) is 0.538. The highest BCUT2D eigenvalue weighted by molar-refractivity contribution is 5.53. The number of hydrogen-bond acceptors (Lipinski definition) is 3. The molecule has 2 heterocycles. The van der Waals surface area contributed by atoms with Gasteiger partial charge in [0.15, 0.2) is 0 Å². The maximum atomic E-state index is 13.3. The first-order valence-electron chi connectivity index (χ1n) is 6.28. The third kappa shape index (κ3) is 2.15. The van der Waals surface area contributed by atoms with Gasteiger partial charge in [-0.2, -0.15) is 0 Å². The molecule has 1 N–H and O–H groups in total. The van der Waals surface area contributed by atoms with E-state index in [-0.39, 0.29) is 12.0 Å². The molecule has 0 unspecified atom stereocenters. The maximum Gasteiger partial charge on any atom is 0.123 e. The summed E-state index contributed by atoms with van der Waals surface area (Å²) in [4.78, 5) is 5.80. The molecule has 1 atom stereocenters. The van der Waals surface area contributed by atoms with Crippen molar-refractivity contribution in [2.24, 2.45) is 0 Å². The molecule has 0 amide bonds. The highest BCUT2D eigenvalue weighted by Gasteiger charge is 2.26. The Morgan fingerprint density at radius 3 is 3.12 bits per heavy atom. The Labute approximate surface area is 101 Å². The van der Waals surface area contributed by atoms with Crippen LogP contribution in [0.15, 0.2) is 18.2 Å². The second kappa shape index (κ2) is 4.63. The summed E-state index contributed by atoms with van der Waals surface area (Å²) in [5.74, 6) is -0.162. The van der Waals surface area contributed by atoms with Crippen molar-refractivity contribution in [3.8, 4) is 0 Å². The van der Waals surface area contributed by atoms with Crippen molar-refractivity contribution in [1.82, 2.24) is 5.32 Å². The minimum absolute atomic E-state index is 0.162. The molecular weight excluding hydrogens is 219 g/mol. The zero-order chi connectivity index (χ0) is 11.7. The van der Waals surface area contributed by atoms with E-state index in [0.717, 1.165) is 37.1 Å². The molecule has 1 fully saturated rings. The van der Waals surface area contributed by atoms with Crippen LogP contribution in [0, 0.1) is 5.82 Å². The molecule has 1 aromatic rings. The van der Waals surface area contributed by atoms with Gasteiger partial charge in [-0.3, -0.25) is 10.2 Å². The van der Waals surface area contributed by atoms with Gasteiger partial charge in [0.05, 0.1) is 12.3 Å². The molecule has 0 bridgehead atoms. The predicted octanol–water partition coefficient (Wildman–Crippen LogP) is 2.22. The lowest BCUT2D eigenvalue weighted by molar-refractivity contribution is 0.0851. The molecule has 4 heteroatoms. The Balaban J connectivity index is 1.94. The molecule has 2 aliphatic heterocycles. The largest absolute Gasteiger partial charge is 0.295 e. The van der Waals surface area contributed by atoms with Crippen molar-refractivity contribution in [2.45, 2.75) is 31.8 Å². The van der Waals surface area contributed by atoms with E-state index < -0.39 is 0 Å². The van der Waals surface area contributed by atoms with E-state index in [4.69, 9.17) is 4.84 Å². The van der Waals surface area contributed by atoms with Gasteiger partial charge in [0.1, 0.15) is 12.0 Å². The molecule has 0 aliphatic carbocycles. The molecule has 3 rings (SSSR count). The second-order valence-corrected chi connectivity index (χ2v) is 4.65. The average molecular weight is 236 g/mol. The predicted molar refractivity (Wildman–Crippen MR) is 64.2 cm³/mol. The van der Waals surface area contributed by atoms with Gasteiger partial charge >= 0.3 is 0 Å². The number of rotatable bonds is 1. The Bertz CT molecular complexity index is 404. The molecule has 0 radical (unpaired) electrons. The summed E-state index contributed by atoms with van der Waals surface area (Å²) < 4.78 is 13.3. The van der Waals surface area contributed by atoms with Crippen LogP contribution in [0.3, 0.4) is 0 Å². The molecule has 0 spiro atoms. The highest BCUT2D eigenvalue weighted by atomic mass is 19.1. The number of anilines is 1. The Hall–Kier alpha value is -1.13. The Morgan fingerprint density at radius 1 is 1.35 bits per heavy atom. The van der Waals surface area contributed by atoms with E-state index >= 15 is 0 Å².